The van der Waals surface area contributed by atoms with Gasteiger partial charge in [-0.15, -0.1) is 0 Å². The van der Waals surface area contributed by atoms with Gasteiger partial charge in [-0.3, -0.25) is 0 Å². The predicted octanol–water partition coefficient (Wildman–Crippen LogP) is 2.14. The molecule has 1 fully saturated rings. The summed E-state index contributed by atoms with van der Waals surface area (Å²) in [5.74, 6) is 0.772. The average molecular weight is 335 g/mol. The van der Waals surface area contributed by atoms with Crippen molar-refractivity contribution in [2.75, 3.05) is 42.7 Å². The van der Waals surface area contributed by atoms with Crippen LogP contribution >= 0.6 is 0 Å². The number of hydrogen-bond donors (Lipinski definition) is 2. The van der Waals surface area contributed by atoms with Crippen LogP contribution in [0.2, 0.25) is 0 Å². The van der Waals surface area contributed by atoms with E-state index in [9.17, 15) is 4.79 Å². The molecule has 7 nitrogen and oxygen atoms in total. The Morgan fingerprint density at radius 2 is 2.12 bits per heavy atom. The number of nitrogen functional groups attached to an aromatic ring is 1. The molecule has 1 saturated heterocycles. The maximum Gasteiger partial charge on any atom is 0.407 e. The van der Waals surface area contributed by atoms with E-state index in [-0.39, 0.29) is 12.1 Å². The molecule has 0 aliphatic carbocycles. The molecular weight excluding hydrogens is 306 g/mol. The van der Waals surface area contributed by atoms with Gasteiger partial charge < -0.3 is 25.6 Å². The third-order valence-electron chi connectivity index (χ3n) is 3.82. The van der Waals surface area contributed by atoms with Gasteiger partial charge in [-0.25, -0.2) is 9.78 Å². The van der Waals surface area contributed by atoms with Crippen LogP contribution < -0.4 is 20.9 Å². The molecule has 1 amide bonds. The van der Waals surface area contributed by atoms with Crippen LogP contribution in [0.3, 0.4) is 0 Å². The van der Waals surface area contributed by atoms with E-state index in [1.54, 1.807) is 0 Å². The Morgan fingerprint density at radius 1 is 1.46 bits per heavy atom. The summed E-state index contributed by atoms with van der Waals surface area (Å²) in [5, 5.41) is 2.94. The van der Waals surface area contributed by atoms with Crippen LogP contribution in [0, 0.1) is 6.92 Å². The molecule has 0 spiro atoms. The molecule has 0 radical (unpaired) electrons. The number of carbonyl (C=O) groups is 1. The standard InChI is InChI=1S/C17H29N5O2/c1-11-9-13(14(18)15(19-11)21(5)6)22-8-7-12(10-22)20-16(23)24-17(2,3)4/h9,12H,7-8,10,18H2,1-6H3,(H,20,23)/t12-/m1/s1. The predicted molar refractivity (Wildman–Crippen MR) is 97.7 cm³/mol. The number of rotatable bonds is 3. The van der Waals surface area contributed by atoms with Crippen molar-refractivity contribution in [2.45, 2.75) is 45.8 Å². The second kappa shape index (κ2) is 6.75. The van der Waals surface area contributed by atoms with Crippen LogP contribution in [0.4, 0.5) is 22.0 Å². The highest BCUT2D eigenvalue weighted by molar-refractivity contribution is 5.79. The molecule has 7 heteroatoms. The summed E-state index contributed by atoms with van der Waals surface area (Å²) in [7, 11) is 3.86. The smallest absolute Gasteiger partial charge is 0.407 e. The minimum atomic E-state index is -0.490. The summed E-state index contributed by atoms with van der Waals surface area (Å²) in [6, 6.07) is 2.05. The number of nitrogens with one attached hydrogen (secondary N) is 1. The minimum absolute atomic E-state index is 0.0514. The number of aryl methyl sites for hydroxylation is 1. The summed E-state index contributed by atoms with van der Waals surface area (Å²) >= 11 is 0. The fourth-order valence-corrected chi connectivity index (χ4v) is 2.82. The molecule has 0 aromatic carbocycles. The Morgan fingerprint density at radius 3 is 2.71 bits per heavy atom. The fraction of sp³-hybridized carbons (Fsp3) is 0.647. The maximum atomic E-state index is 11.9. The molecule has 3 N–H and O–H groups in total. The van der Waals surface area contributed by atoms with Crippen LogP contribution in [0.1, 0.15) is 32.9 Å². The first kappa shape index (κ1) is 18.2. The van der Waals surface area contributed by atoms with Gasteiger partial charge in [0.25, 0.3) is 0 Å². The molecule has 1 aliphatic heterocycles. The normalized spacial score (nSPS) is 17.8. The van der Waals surface area contributed by atoms with Crippen molar-refractivity contribution in [1.29, 1.82) is 0 Å². The van der Waals surface area contributed by atoms with Crippen molar-refractivity contribution in [3.05, 3.63) is 11.8 Å². The van der Waals surface area contributed by atoms with Gasteiger partial charge in [-0.05, 0) is 40.2 Å². The van der Waals surface area contributed by atoms with Crippen molar-refractivity contribution in [3.63, 3.8) is 0 Å². The average Bonchev–Trinajstić information content (AvgIpc) is 2.86. The Labute approximate surface area is 144 Å². The van der Waals surface area contributed by atoms with Crippen molar-refractivity contribution in [3.8, 4) is 0 Å². The highest BCUT2D eigenvalue weighted by Gasteiger charge is 2.28. The summed E-state index contributed by atoms with van der Waals surface area (Å²) in [6.45, 7) is 9.08. The number of nitrogens with two attached hydrogens (primary N) is 1. The highest BCUT2D eigenvalue weighted by Crippen LogP contribution is 2.33. The van der Waals surface area contributed by atoms with E-state index >= 15 is 0 Å². The molecule has 1 atom stereocenters. The number of pyridine rings is 1. The number of anilines is 3. The monoisotopic (exact) mass is 335 g/mol. The number of hydrogen-bond acceptors (Lipinski definition) is 6. The van der Waals surface area contributed by atoms with Crippen LogP contribution in [0.15, 0.2) is 6.07 Å². The van der Waals surface area contributed by atoms with Gasteiger partial charge in [0, 0.05) is 32.9 Å². The Kier molecular flexibility index (Phi) is 5.11. The van der Waals surface area contributed by atoms with Crippen LogP contribution in [-0.4, -0.2) is 49.9 Å². The first-order valence-electron chi connectivity index (χ1n) is 8.25. The molecule has 134 valence electrons. The van der Waals surface area contributed by atoms with Gasteiger partial charge in [0.15, 0.2) is 5.82 Å². The summed E-state index contributed by atoms with van der Waals surface area (Å²) in [6.07, 6.45) is 0.486. The fourth-order valence-electron chi connectivity index (χ4n) is 2.82. The lowest BCUT2D eigenvalue weighted by atomic mass is 10.2. The van der Waals surface area contributed by atoms with Crippen molar-refractivity contribution < 1.29 is 9.53 Å². The molecule has 1 aliphatic rings. The van der Waals surface area contributed by atoms with E-state index in [0.717, 1.165) is 30.2 Å². The molecule has 0 bridgehead atoms. The van der Waals surface area contributed by atoms with Gasteiger partial charge in [0.05, 0.1) is 17.4 Å². The lowest BCUT2D eigenvalue weighted by molar-refractivity contribution is 0.0509. The zero-order chi connectivity index (χ0) is 18.1. The lowest BCUT2D eigenvalue weighted by Crippen LogP contribution is -2.40. The second-order valence-corrected chi connectivity index (χ2v) is 7.49. The van der Waals surface area contributed by atoms with E-state index in [1.807, 2.05) is 52.8 Å². The Bertz CT molecular complexity index is 610. The molecule has 1 aromatic heterocycles. The molecule has 0 unspecified atom stereocenters. The molecule has 2 rings (SSSR count). The third-order valence-corrected chi connectivity index (χ3v) is 3.82. The number of nitrogens with zero attached hydrogens (tertiary/aromatic N) is 3. The summed E-state index contributed by atoms with van der Waals surface area (Å²) in [5.41, 5.74) is 8.38. The van der Waals surface area contributed by atoms with E-state index in [0.29, 0.717) is 12.2 Å². The number of ether oxygens (including phenoxy) is 1. The molecule has 1 aromatic rings. The molecule has 2 heterocycles. The van der Waals surface area contributed by atoms with Gasteiger partial charge >= 0.3 is 6.09 Å². The number of amides is 1. The Balaban J connectivity index is 2.07. The summed E-state index contributed by atoms with van der Waals surface area (Å²) < 4.78 is 5.32. The zero-order valence-corrected chi connectivity index (χ0v) is 15.5. The zero-order valence-electron chi connectivity index (χ0n) is 15.5. The quantitative estimate of drug-likeness (QED) is 0.880. The van der Waals surface area contributed by atoms with Crippen molar-refractivity contribution in [1.82, 2.24) is 10.3 Å². The second-order valence-electron chi connectivity index (χ2n) is 7.49. The molecular formula is C17H29N5O2. The maximum absolute atomic E-state index is 11.9. The Hall–Kier alpha value is -2.18. The van der Waals surface area contributed by atoms with Gasteiger partial charge in [0.1, 0.15) is 5.60 Å². The highest BCUT2D eigenvalue weighted by atomic mass is 16.6. The number of carbonyl (C=O) groups excluding carboxylic acids is 1. The van der Waals surface area contributed by atoms with E-state index in [1.165, 1.54) is 0 Å². The minimum Gasteiger partial charge on any atom is -0.444 e. The molecule has 0 saturated carbocycles. The number of alkyl carbamates (subject to hydrolysis) is 1. The summed E-state index contributed by atoms with van der Waals surface area (Å²) in [4.78, 5) is 20.5. The number of aromatic nitrogens is 1. The SMILES string of the molecule is Cc1cc(N2CC[C@@H](NC(=O)OC(C)(C)C)C2)c(N)c(N(C)C)n1. The largest absolute Gasteiger partial charge is 0.444 e. The third kappa shape index (κ3) is 4.43. The molecule has 24 heavy (non-hydrogen) atoms. The van der Waals surface area contributed by atoms with Crippen LogP contribution in [-0.2, 0) is 4.74 Å². The van der Waals surface area contributed by atoms with E-state index in [2.05, 4.69) is 15.2 Å². The van der Waals surface area contributed by atoms with Gasteiger partial charge in [0.2, 0.25) is 0 Å². The van der Waals surface area contributed by atoms with E-state index < -0.39 is 5.60 Å². The van der Waals surface area contributed by atoms with Crippen molar-refractivity contribution in [2.24, 2.45) is 0 Å². The topological polar surface area (TPSA) is 83.7 Å². The lowest BCUT2D eigenvalue weighted by Gasteiger charge is -2.25. The van der Waals surface area contributed by atoms with Crippen LogP contribution in [0.25, 0.3) is 0 Å². The van der Waals surface area contributed by atoms with Gasteiger partial charge in [-0.2, -0.15) is 0 Å². The van der Waals surface area contributed by atoms with Crippen molar-refractivity contribution >= 4 is 23.3 Å². The van der Waals surface area contributed by atoms with Gasteiger partial charge in [-0.1, -0.05) is 0 Å². The first-order chi connectivity index (χ1) is 11.1. The first-order valence-corrected chi connectivity index (χ1v) is 8.25. The van der Waals surface area contributed by atoms with E-state index in [4.69, 9.17) is 10.5 Å². The van der Waals surface area contributed by atoms with Crippen LogP contribution in [0.5, 0.6) is 0 Å².